The molecular weight excluding hydrogens is 399 g/mol. The summed E-state index contributed by atoms with van der Waals surface area (Å²) in [5.74, 6) is 0.470. The molecule has 0 amide bonds. The average molecular weight is 408 g/mol. The van der Waals surface area contributed by atoms with E-state index in [0.29, 0.717) is 21.0 Å². The minimum absolute atomic E-state index is 0.247. The van der Waals surface area contributed by atoms with Crippen molar-refractivity contribution in [1.82, 2.24) is 9.97 Å². The summed E-state index contributed by atoms with van der Waals surface area (Å²) >= 11 is 12.5. The molecule has 0 radical (unpaired) electrons. The van der Waals surface area contributed by atoms with E-state index in [1.165, 1.54) is 0 Å². The van der Waals surface area contributed by atoms with Gasteiger partial charge in [-0.3, -0.25) is 4.79 Å². The van der Waals surface area contributed by atoms with Crippen LogP contribution in [-0.4, -0.2) is 17.1 Å². The van der Waals surface area contributed by atoms with Crippen LogP contribution in [0.4, 0.5) is 0 Å². The molecule has 4 nitrogen and oxygen atoms in total. The van der Waals surface area contributed by atoms with E-state index in [-0.39, 0.29) is 12.2 Å². The highest BCUT2D eigenvalue weighted by Crippen LogP contribution is 2.27. The number of H-pyrrole nitrogens is 1. The Bertz CT molecular complexity index is 673. The van der Waals surface area contributed by atoms with Crippen molar-refractivity contribution in [1.29, 1.82) is 0 Å². The van der Waals surface area contributed by atoms with Crippen molar-refractivity contribution in [3.8, 4) is 11.4 Å². The Labute approximate surface area is 131 Å². The molecule has 1 heterocycles. The molecule has 0 bridgehead atoms. The zero-order valence-corrected chi connectivity index (χ0v) is 13.8. The standard InChI is InChI=1S/C12H9Br2ClN2O2/c1-19-5-9-10(14)12(18)17-11(16-9)6-2-3-8(15)7(13)4-6/h2-4H,5H2,1H3,(H,16,17,18). The minimum atomic E-state index is -0.247. The fourth-order valence-corrected chi connectivity index (χ4v) is 2.32. The summed E-state index contributed by atoms with van der Waals surface area (Å²) in [5.41, 5.74) is 1.06. The largest absolute Gasteiger partial charge is 0.378 e. The lowest BCUT2D eigenvalue weighted by atomic mass is 10.2. The summed E-state index contributed by atoms with van der Waals surface area (Å²) in [6, 6.07) is 5.32. The van der Waals surface area contributed by atoms with Crippen LogP contribution in [0.1, 0.15) is 5.69 Å². The number of nitrogens with one attached hydrogen (secondary N) is 1. The molecule has 0 aliphatic carbocycles. The fourth-order valence-electron chi connectivity index (χ4n) is 1.52. The van der Waals surface area contributed by atoms with E-state index in [2.05, 4.69) is 41.8 Å². The second kappa shape index (κ2) is 6.17. The number of aromatic amines is 1. The number of halogens is 3. The van der Waals surface area contributed by atoms with Crippen LogP contribution in [0.3, 0.4) is 0 Å². The van der Waals surface area contributed by atoms with Crippen molar-refractivity contribution < 1.29 is 4.74 Å². The Kier molecular flexibility index (Phi) is 4.78. The zero-order valence-electron chi connectivity index (χ0n) is 9.84. The van der Waals surface area contributed by atoms with E-state index in [9.17, 15) is 4.79 Å². The van der Waals surface area contributed by atoms with Crippen LogP contribution in [0.2, 0.25) is 5.02 Å². The molecule has 1 aromatic carbocycles. The van der Waals surface area contributed by atoms with Crippen LogP contribution in [0.25, 0.3) is 11.4 Å². The topological polar surface area (TPSA) is 55.0 Å². The summed E-state index contributed by atoms with van der Waals surface area (Å²) in [4.78, 5) is 18.9. The quantitative estimate of drug-likeness (QED) is 0.841. The Hall–Kier alpha value is -0.690. The fraction of sp³-hybridized carbons (Fsp3) is 0.167. The monoisotopic (exact) mass is 406 g/mol. The van der Waals surface area contributed by atoms with Gasteiger partial charge in [-0.1, -0.05) is 11.6 Å². The molecule has 0 aliphatic heterocycles. The predicted octanol–water partition coefficient (Wildman–Crippen LogP) is 3.76. The molecule has 7 heteroatoms. The van der Waals surface area contributed by atoms with E-state index < -0.39 is 0 Å². The van der Waals surface area contributed by atoms with E-state index in [0.717, 1.165) is 10.0 Å². The van der Waals surface area contributed by atoms with Crippen molar-refractivity contribution in [2.75, 3.05) is 7.11 Å². The molecular formula is C12H9Br2ClN2O2. The third kappa shape index (κ3) is 3.25. The molecule has 1 N–H and O–H groups in total. The van der Waals surface area contributed by atoms with Gasteiger partial charge in [0, 0.05) is 17.1 Å². The lowest BCUT2D eigenvalue weighted by Gasteiger charge is -2.07. The van der Waals surface area contributed by atoms with Crippen molar-refractivity contribution in [2.45, 2.75) is 6.61 Å². The van der Waals surface area contributed by atoms with Crippen LogP contribution in [-0.2, 0) is 11.3 Å². The number of hydrogen-bond donors (Lipinski definition) is 1. The number of nitrogens with zero attached hydrogens (tertiary/aromatic N) is 1. The van der Waals surface area contributed by atoms with Crippen molar-refractivity contribution in [2.24, 2.45) is 0 Å². The van der Waals surface area contributed by atoms with E-state index >= 15 is 0 Å². The van der Waals surface area contributed by atoms with Crippen LogP contribution in [0.5, 0.6) is 0 Å². The van der Waals surface area contributed by atoms with Gasteiger partial charge in [0.25, 0.3) is 5.56 Å². The molecule has 19 heavy (non-hydrogen) atoms. The predicted molar refractivity (Wildman–Crippen MR) is 81.4 cm³/mol. The molecule has 100 valence electrons. The first kappa shape index (κ1) is 14.7. The normalized spacial score (nSPS) is 10.7. The number of ether oxygens (including phenoxy) is 1. The summed E-state index contributed by atoms with van der Waals surface area (Å²) in [6.45, 7) is 0.256. The Balaban J connectivity index is 2.56. The lowest BCUT2D eigenvalue weighted by Crippen LogP contribution is -2.14. The van der Waals surface area contributed by atoms with Gasteiger partial charge < -0.3 is 9.72 Å². The Morgan fingerprint density at radius 2 is 2.16 bits per heavy atom. The molecule has 0 fully saturated rings. The smallest absolute Gasteiger partial charge is 0.265 e. The summed E-state index contributed by atoms with van der Waals surface area (Å²) in [6.07, 6.45) is 0. The van der Waals surface area contributed by atoms with Crippen molar-refractivity contribution >= 4 is 43.5 Å². The average Bonchev–Trinajstić information content (AvgIpc) is 2.38. The van der Waals surface area contributed by atoms with Crippen LogP contribution < -0.4 is 5.56 Å². The zero-order chi connectivity index (χ0) is 14.0. The van der Waals surface area contributed by atoms with Gasteiger partial charge in [-0.25, -0.2) is 4.98 Å². The number of rotatable bonds is 3. The summed E-state index contributed by atoms with van der Waals surface area (Å²) in [7, 11) is 1.55. The number of aromatic nitrogens is 2. The first-order chi connectivity index (χ1) is 9.02. The molecule has 0 saturated carbocycles. The molecule has 0 atom stereocenters. The van der Waals surface area contributed by atoms with Gasteiger partial charge >= 0.3 is 0 Å². The van der Waals surface area contributed by atoms with Crippen molar-refractivity contribution in [3.05, 3.63) is 48.2 Å². The maximum atomic E-state index is 11.8. The second-order valence-corrected chi connectivity index (χ2v) is 5.79. The first-order valence-corrected chi connectivity index (χ1v) is 7.22. The lowest BCUT2D eigenvalue weighted by molar-refractivity contribution is 0.180. The maximum Gasteiger partial charge on any atom is 0.265 e. The Morgan fingerprint density at radius 1 is 1.42 bits per heavy atom. The van der Waals surface area contributed by atoms with Gasteiger partial charge in [0.1, 0.15) is 10.3 Å². The summed E-state index contributed by atoms with van der Waals surface area (Å²) in [5, 5.41) is 0.598. The van der Waals surface area contributed by atoms with E-state index in [1.54, 1.807) is 25.3 Å². The SMILES string of the molecule is COCc1nc(-c2ccc(Cl)c(Br)c2)[nH]c(=O)c1Br. The van der Waals surface area contributed by atoms with Gasteiger partial charge in [0.15, 0.2) is 0 Å². The highest BCUT2D eigenvalue weighted by Gasteiger charge is 2.11. The minimum Gasteiger partial charge on any atom is -0.378 e. The molecule has 0 saturated heterocycles. The first-order valence-electron chi connectivity index (χ1n) is 5.26. The van der Waals surface area contributed by atoms with Gasteiger partial charge in [0.2, 0.25) is 0 Å². The third-order valence-corrected chi connectivity index (χ3v) is 4.44. The van der Waals surface area contributed by atoms with Crippen molar-refractivity contribution in [3.63, 3.8) is 0 Å². The van der Waals surface area contributed by atoms with Gasteiger partial charge in [-0.15, -0.1) is 0 Å². The maximum absolute atomic E-state index is 11.8. The number of hydrogen-bond acceptors (Lipinski definition) is 3. The molecule has 0 unspecified atom stereocenters. The van der Waals surface area contributed by atoms with Crippen LogP contribution in [0.15, 0.2) is 31.9 Å². The highest BCUT2D eigenvalue weighted by molar-refractivity contribution is 9.10. The third-order valence-electron chi connectivity index (χ3n) is 2.41. The van der Waals surface area contributed by atoms with E-state index in [4.69, 9.17) is 16.3 Å². The number of benzene rings is 1. The van der Waals surface area contributed by atoms with Gasteiger partial charge in [0.05, 0.1) is 17.3 Å². The Morgan fingerprint density at radius 3 is 2.79 bits per heavy atom. The van der Waals surface area contributed by atoms with E-state index in [1.807, 2.05) is 0 Å². The van der Waals surface area contributed by atoms with Gasteiger partial charge in [-0.05, 0) is 50.1 Å². The molecule has 0 aliphatic rings. The van der Waals surface area contributed by atoms with Crippen LogP contribution in [0, 0.1) is 0 Å². The second-order valence-electron chi connectivity index (χ2n) is 3.74. The van der Waals surface area contributed by atoms with Crippen LogP contribution >= 0.6 is 43.5 Å². The molecule has 2 rings (SSSR count). The highest BCUT2D eigenvalue weighted by atomic mass is 79.9. The molecule has 1 aromatic heterocycles. The molecule has 2 aromatic rings. The molecule has 0 spiro atoms. The van der Waals surface area contributed by atoms with Gasteiger partial charge in [-0.2, -0.15) is 0 Å². The summed E-state index contributed by atoms with van der Waals surface area (Å²) < 4.78 is 6.14. The number of methoxy groups -OCH3 is 1.